The molecule has 1 aliphatic heterocycles. The zero-order valence-corrected chi connectivity index (χ0v) is 13.5. The highest BCUT2D eigenvalue weighted by Crippen LogP contribution is 2.32. The van der Waals surface area contributed by atoms with Gasteiger partial charge >= 0.3 is 0 Å². The Labute approximate surface area is 135 Å². The van der Waals surface area contributed by atoms with Gasteiger partial charge in [-0.3, -0.25) is 0 Å². The summed E-state index contributed by atoms with van der Waals surface area (Å²) in [6.45, 7) is 4.06. The first-order chi connectivity index (χ1) is 10.7. The minimum atomic E-state index is 0.667. The van der Waals surface area contributed by atoms with Gasteiger partial charge in [0.15, 0.2) is 0 Å². The van der Waals surface area contributed by atoms with E-state index in [-0.39, 0.29) is 0 Å². The van der Waals surface area contributed by atoms with Crippen molar-refractivity contribution in [3.05, 3.63) is 51.7 Å². The second-order valence-electron chi connectivity index (χ2n) is 5.38. The van der Waals surface area contributed by atoms with E-state index in [0.29, 0.717) is 19.0 Å². The highest BCUT2D eigenvalue weighted by atomic mass is 35.5. The summed E-state index contributed by atoms with van der Waals surface area (Å²) < 4.78 is 11.0. The average Bonchev–Trinajstić information content (AvgIpc) is 2.96. The fraction of sp³-hybridized carbons (Fsp3) is 0.353. The lowest BCUT2D eigenvalue weighted by atomic mass is 10.1. The van der Waals surface area contributed by atoms with Gasteiger partial charge in [0, 0.05) is 41.4 Å². The van der Waals surface area contributed by atoms with Gasteiger partial charge in [-0.05, 0) is 30.7 Å². The highest BCUT2D eigenvalue weighted by Gasteiger charge is 2.17. The Morgan fingerprint density at radius 2 is 2.09 bits per heavy atom. The van der Waals surface area contributed by atoms with E-state index in [1.807, 2.05) is 31.2 Å². The summed E-state index contributed by atoms with van der Waals surface area (Å²) in [5.74, 6) is 1.64. The number of ether oxygens (including phenoxy) is 2. The minimum Gasteiger partial charge on any atom is -0.493 e. The molecule has 0 bridgehead atoms. The number of pyridine rings is 1. The van der Waals surface area contributed by atoms with E-state index in [1.165, 1.54) is 5.56 Å². The van der Waals surface area contributed by atoms with Crippen LogP contribution in [0.1, 0.15) is 22.4 Å². The third-order valence-corrected chi connectivity index (χ3v) is 3.95. The van der Waals surface area contributed by atoms with Crippen LogP contribution in [-0.2, 0) is 19.5 Å². The summed E-state index contributed by atoms with van der Waals surface area (Å²) in [5.41, 5.74) is 4.27. The molecule has 4 nitrogen and oxygen atoms in total. The first-order valence-corrected chi connectivity index (χ1v) is 7.70. The molecule has 2 heterocycles. The summed E-state index contributed by atoms with van der Waals surface area (Å²) >= 11 is 6.18. The van der Waals surface area contributed by atoms with Crippen LogP contribution in [0.25, 0.3) is 0 Å². The van der Waals surface area contributed by atoms with Crippen molar-refractivity contribution in [2.24, 2.45) is 0 Å². The molecule has 0 atom stereocenters. The van der Waals surface area contributed by atoms with Crippen LogP contribution in [0.2, 0.25) is 5.02 Å². The molecular weight excluding hydrogens is 300 g/mol. The molecule has 1 aromatic heterocycles. The van der Waals surface area contributed by atoms with Crippen molar-refractivity contribution in [2.45, 2.75) is 26.4 Å². The van der Waals surface area contributed by atoms with Crippen molar-refractivity contribution in [1.82, 2.24) is 10.3 Å². The molecule has 5 heteroatoms. The number of nitrogens with one attached hydrogen (secondary N) is 1. The normalized spacial score (nSPS) is 12.9. The van der Waals surface area contributed by atoms with Crippen LogP contribution in [0.15, 0.2) is 24.3 Å². The van der Waals surface area contributed by atoms with Crippen LogP contribution in [0.5, 0.6) is 11.6 Å². The standard InChI is InChI=1S/C17H19ClN2O2/c1-11-3-4-13(17(20-11)21-2)9-19-10-14-8-15(18)7-12-5-6-22-16(12)14/h3-4,7-8,19H,5-6,9-10H2,1-2H3. The fourth-order valence-corrected chi connectivity index (χ4v) is 2.95. The Morgan fingerprint density at radius 3 is 2.91 bits per heavy atom. The predicted octanol–water partition coefficient (Wildman–Crippen LogP) is 3.28. The number of methoxy groups -OCH3 is 1. The predicted molar refractivity (Wildman–Crippen MR) is 86.7 cm³/mol. The Balaban J connectivity index is 1.69. The van der Waals surface area contributed by atoms with Crippen LogP contribution in [0.3, 0.4) is 0 Å². The number of benzene rings is 1. The van der Waals surface area contributed by atoms with Gasteiger partial charge < -0.3 is 14.8 Å². The quantitative estimate of drug-likeness (QED) is 0.919. The zero-order valence-electron chi connectivity index (χ0n) is 12.8. The molecule has 0 aliphatic carbocycles. The molecular formula is C17H19ClN2O2. The third kappa shape index (κ3) is 3.18. The van der Waals surface area contributed by atoms with E-state index in [0.717, 1.165) is 40.6 Å². The maximum atomic E-state index is 6.18. The van der Waals surface area contributed by atoms with E-state index >= 15 is 0 Å². The van der Waals surface area contributed by atoms with Crippen LogP contribution >= 0.6 is 11.6 Å². The molecule has 0 amide bonds. The molecule has 116 valence electrons. The van der Waals surface area contributed by atoms with Crippen LogP contribution in [-0.4, -0.2) is 18.7 Å². The number of aryl methyl sites for hydroxylation is 1. The first kappa shape index (κ1) is 15.1. The first-order valence-electron chi connectivity index (χ1n) is 7.32. The Bertz CT molecular complexity index is 689. The van der Waals surface area contributed by atoms with Gasteiger partial charge in [0.1, 0.15) is 5.75 Å². The van der Waals surface area contributed by atoms with Gasteiger partial charge in [-0.15, -0.1) is 0 Å². The number of hydrogen-bond acceptors (Lipinski definition) is 4. The second-order valence-corrected chi connectivity index (χ2v) is 5.81. The summed E-state index contributed by atoms with van der Waals surface area (Å²) in [6, 6.07) is 7.97. The zero-order chi connectivity index (χ0) is 15.5. The lowest BCUT2D eigenvalue weighted by molar-refractivity contribution is 0.352. The molecule has 2 aromatic rings. The Hall–Kier alpha value is -1.78. The lowest BCUT2D eigenvalue weighted by Crippen LogP contribution is -2.14. The summed E-state index contributed by atoms with van der Waals surface area (Å²) in [4.78, 5) is 4.38. The van der Waals surface area contributed by atoms with Crippen LogP contribution in [0.4, 0.5) is 0 Å². The number of aromatic nitrogens is 1. The maximum Gasteiger partial charge on any atom is 0.217 e. The van der Waals surface area contributed by atoms with Crippen molar-refractivity contribution in [2.75, 3.05) is 13.7 Å². The molecule has 1 aliphatic rings. The molecule has 3 rings (SSSR count). The molecule has 0 fully saturated rings. The lowest BCUT2D eigenvalue weighted by Gasteiger charge is -2.12. The molecule has 1 N–H and O–H groups in total. The number of rotatable bonds is 5. The van der Waals surface area contributed by atoms with Gasteiger partial charge in [0.25, 0.3) is 0 Å². The highest BCUT2D eigenvalue weighted by molar-refractivity contribution is 6.30. The molecule has 0 radical (unpaired) electrons. The van der Waals surface area contributed by atoms with E-state index < -0.39 is 0 Å². The third-order valence-electron chi connectivity index (χ3n) is 3.73. The maximum absolute atomic E-state index is 6.18. The fourth-order valence-electron chi connectivity index (χ4n) is 2.68. The van der Waals surface area contributed by atoms with Crippen molar-refractivity contribution in [3.8, 4) is 11.6 Å². The molecule has 0 unspecified atom stereocenters. The monoisotopic (exact) mass is 318 g/mol. The van der Waals surface area contributed by atoms with Crippen molar-refractivity contribution < 1.29 is 9.47 Å². The Morgan fingerprint density at radius 1 is 1.27 bits per heavy atom. The average molecular weight is 319 g/mol. The van der Waals surface area contributed by atoms with Gasteiger partial charge in [0.2, 0.25) is 5.88 Å². The molecule has 0 spiro atoms. The Kier molecular flexibility index (Phi) is 4.50. The largest absolute Gasteiger partial charge is 0.493 e. The van der Waals surface area contributed by atoms with Gasteiger partial charge in [-0.2, -0.15) is 0 Å². The van der Waals surface area contributed by atoms with E-state index in [1.54, 1.807) is 7.11 Å². The summed E-state index contributed by atoms with van der Waals surface area (Å²) in [6.07, 6.45) is 0.929. The smallest absolute Gasteiger partial charge is 0.217 e. The number of nitrogens with zero attached hydrogens (tertiary/aromatic N) is 1. The van der Waals surface area contributed by atoms with E-state index in [9.17, 15) is 0 Å². The van der Waals surface area contributed by atoms with Crippen molar-refractivity contribution in [1.29, 1.82) is 0 Å². The molecule has 0 saturated carbocycles. The van der Waals surface area contributed by atoms with Crippen LogP contribution in [0, 0.1) is 6.92 Å². The number of halogens is 1. The van der Waals surface area contributed by atoms with E-state index in [2.05, 4.69) is 10.3 Å². The van der Waals surface area contributed by atoms with Gasteiger partial charge in [-0.25, -0.2) is 4.98 Å². The minimum absolute atomic E-state index is 0.667. The van der Waals surface area contributed by atoms with Gasteiger partial charge in [-0.1, -0.05) is 17.7 Å². The second kappa shape index (κ2) is 6.55. The summed E-state index contributed by atoms with van der Waals surface area (Å²) in [7, 11) is 1.64. The molecule has 22 heavy (non-hydrogen) atoms. The van der Waals surface area contributed by atoms with Crippen LogP contribution < -0.4 is 14.8 Å². The summed E-state index contributed by atoms with van der Waals surface area (Å²) in [5, 5.41) is 4.17. The SMILES string of the molecule is COc1nc(C)ccc1CNCc1cc(Cl)cc2c1OCC2. The molecule has 1 aromatic carbocycles. The molecule has 0 saturated heterocycles. The van der Waals surface area contributed by atoms with E-state index in [4.69, 9.17) is 21.1 Å². The number of fused-ring (bicyclic) bond motifs is 1. The topological polar surface area (TPSA) is 43.4 Å². The van der Waals surface area contributed by atoms with Crippen molar-refractivity contribution >= 4 is 11.6 Å². The van der Waals surface area contributed by atoms with Gasteiger partial charge in [0.05, 0.1) is 13.7 Å². The number of hydrogen-bond donors (Lipinski definition) is 1. The van der Waals surface area contributed by atoms with Crippen molar-refractivity contribution in [3.63, 3.8) is 0 Å².